The predicted octanol–water partition coefficient (Wildman–Crippen LogP) is 3.88. The molecule has 0 aliphatic heterocycles. The highest BCUT2D eigenvalue weighted by Crippen LogP contribution is 2.37. The lowest BCUT2D eigenvalue weighted by molar-refractivity contribution is 0.192. The molecular formula is C14H28O. The molecule has 1 N–H and O–H groups in total. The highest BCUT2D eigenvalue weighted by atomic mass is 16.3. The van der Waals surface area contributed by atoms with Crippen molar-refractivity contribution in [2.75, 3.05) is 6.61 Å². The van der Waals surface area contributed by atoms with Crippen LogP contribution in [0.15, 0.2) is 11.6 Å². The number of rotatable bonds is 2. The Labute approximate surface area is 95.6 Å². The summed E-state index contributed by atoms with van der Waals surface area (Å²) in [6.45, 7) is 13.4. The van der Waals surface area contributed by atoms with E-state index in [1.807, 2.05) is 13.8 Å². The van der Waals surface area contributed by atoms with Gasteiger partial charge < -0.3 is 5.11 Å². The summed E-state index contributed by atoms with van der Waals surface area (Å²) in [6.07, 6.45) is 3.40. The standard InChI is InChI=1S/C12H22O.C2H6/c1-8(2)12-6-5-11(7-13)9(3)10(12)4;1-2/h5,8-10,12-13H,6-7H2,1-4H3;1-2H3. The summed E-state index contributed by atoms with van der Waals surface area (Å²) in [7, 11) is 0. The molecule has 0 saturated heterocycles. The van der Waals surface area contributed by atoms with Crippen LogP contribution in [0.4, 0.5) is 0 Å². The highest BCUT2D eigenvalue weighted by molar-refractivity contribution is 5.12. The maximum Gasteiger partial charge on any atom is 0.0644 e. The zero-order valence-electron chi connectivity index (χ0n) is 11.2. The molecular weight excluding hydrogens is 184 g/mol. The van der Waals surface area contributed by atoms with Gasteiger partial charge in [-0.3, -0.25) is 0 Å². The third-order valence-corrected chi connectivity index (χ3v) is 3.74. The van der Waals surface area contributed by atoms with Gasteiger partial charge in [0.25, 0.3) is 0 Å². The van der Waals surface area contributed by atoms with Gasteiger partial charge in [0.05, 0.1) is 6.61 Å². The van der Waals surface area contributed by atoms with E-state index in [0.29, 0.717) is 11.8 Å². The molecule has 0 aromatic heterocycles. The van der Waals surface area contributed by atoms with E-state index in [2.05, 4.69) is 33.8 Å². The Hall–Kier alpha value is -0.300. The monoisotopic (exact) mass is 212 g/mol. The molecule has 1 rings (SSSR count). The largest absolute Gasteiger partial charge is 0.392 e. The van der Waals surface area contributed by atoms with Crippen molar-refractivity contribution >= 4 is 0 Å². The van der Waals surface area contributed by atoms with E-state index in [4.69, 9.17) is 5.11 Å². The van der Waals surface area contributed by atoms with Crippen molar-refractivity contribution in [1.82, 2.24) is 0 Å². The molecule has 15 heavy (non-hydrogen) atoms. The lowest BCUT2D eigenvalue weighted by Crippen LogP contribution is -2.28. The first-order chi connectivity index (χ1) is 7.07. The molecule has 0 saturated carbocycles. The van der Waals surface area contributed by atoms with Crippen molar-refractivity contribution in [3.63, 3.8) is 0 Å². The van der Waals surface area contributed by atoms with Gasteiger partial charge in [0, 0.05) is 0 Å². The maximum absolute atomic E-state index is 9.14. The SMILES string of the molecule is CC.CC(C)C1CC=C(CO)C(C)C1C. The van der Waals surface area contributed by atoms with Crippen molar-refractivity contribution in [3.8, 4) is 0 Å². The second kappa shape index (κ2) is 7.05. The molecule has 0 fully saturated rings. The molecule has 0 spiro atoms. The van der Waals surface area contributed by atoms with Crippen LogP contribution in [0.2, 0.25) is 0 Å². The van der Waals surface area contributed by atoms with Crippen LogP contribution in [-0.4, -0.2) is 11.7 Å². The fraction of sp³-hybridized carbons (Fsp3) is 0.857. The molecule has 1 nitrogen and oxygen atoms in total. The third kappa shape index (κ3) is 3.64. The Morgan fingerprint density at radius 2 is 1.87 bits per heavy atom. The van der Waals surface area contributed by atoms with Crippen LogP contribution in [-0.2, 0) is 0 Å². The third-order valence-electron chi connectivity index (χ3n) is 3.74. The minimum Gasteiger partial charge on any atom is -0.392 e. The molecule has 0 amide bonds. The van der Waals surface area contributed by atoms with Gasteiger partial charge in [-0.15, -0.1) is 0 Å². The molecule has 0 bridgehead atoms. The van der Waals surface area contributed by atoms with Crippen LogP contribution in [0.25, 0.3) is 0 Å². The van der Waals surface area contributed by atoms with Crippen LogP contribution >= 0.6 is 0 Å². The minimum atomic E-state index is 0.246. The Kier molecular flexibility index (Phi) is 6.91. The van der Waals surface area contributed by atoms with Crippen molar-refractivity contribution in [2.24, 2.45) is 23.7 Å². The van der Waals surface area contributed by atoms with Crippen LogP contribution in [0.5, 0.6) is 0 Å². The van der Waals surface area contributed by atoms with Gasteiger partial charge in [-0.25, -0.2) is 0 Å². The summed E-state index contributed by atoms with van der Waals surface area (Å²) in [5.41, 5.74) is 1.24. The van der Waals surface area contributed by atoms with Crippen LogP contribution in [0.3, 0.4) is 0 Å². The minimum absolute atomic E-state index is 0.246. The first-order valence-electron chi connectivity index (χ1n) is 6.37. The zero-order valence-corrected chi connectivity index (χ0v) is 11.2. The number of aliphatic hydroxyl groups is 1. The van der Waals surface area contributed by atoms with E-state index >= 15 is 0 Å². The van der Waals surface area contributed by atoms with Gasteiger partial charge in [-0.2, -0.15) is 0 Å². The van der Waals surface area contributed by atoms with Crippen LogP contribution in [0, 0.1) is 23.7 Å². The van der Waals surface area contributed by atoms with E-state index in [-0.39, 0.29) is 6.61 Å². The molecule has 1 aliphatic rings. The Morgan fingerprint density at radius 3 is 2.27 bits per heavy atom. The number of hydrogen-bond donors (Lipinski definition) is 1. The summed E-state index contributed by atoms with van der Waals surface area (Å²) < 4.78 is 0. The molecule has 0 aromatic rings. The lowest BCUT2D eigenvalue weighted by atomic mass is 9.70. The summed E-state index contributed by atoms with van der Waals surface area (Å²) >= 11 is 0. The van der Waals surface area contributed by atoms with Gasteiger partial charge in [-0.05, 0) is 35.7 Å². The molecule has 0 radical (unpaired) electrons. The van der Waals surface area contributed by atoms with Crippen LogP contribution < -0.4 is 0 Å². The summed E-state index contributed by atoms with van der Waals surface area (Å²) in [5, 5.41) is 9.14. The molecule has 0 aromatic carbocycles. The van der Waals surface area contributed by atoms with Gasteiger partial charge in [0.1, 0.15) is 0 Å². The van der Waals surface area contributed by atoms with E-state index in [0.717, 1.165) is 18.3 Å². The van der Waals surface area contributed by atoms with E-state index in [1.54, 1.807) is 0 Å². The van der Waals surface area contributed by atoms with Crippen molar-refractivity contribution in [2.45, 2.75) is 48.0 Å². The topological polar surface area (TPSA) is 20.2 Å². The van der Waals surface area contributed by atoms with Crippen LogP contribution in [0.1, 0.15) is 48.0 Å². The Bertz CT molecular complexity index is 194. The first kappa shape index (κ1) is 14.7. The van der Waals surface area contributed by atoms with E-state index < -0.39 is 0 Å². The highest BCUT2D eigenvalue weighted by Gasteiger charge is 2.29. The summed E-state index contributed by atoms with van der Waals surface area (Å²) in [6, 6.07) is 0. The van der Waals surface area contributed by atoms with E-state index in [1.165, 1.54) is 5.57 Å². The lowest BCUT2D eigenvalue weighted by Gasteiger charge is -2.36. The Morgan fingerprint density at radius 1 is 1.33 bits per heavy atom. The van der Waals surface area contributed by atoms with Gasteiger partial charge in [0.15, 0.2) is 0 Å². The number of aliphatic hydroxyl groups excluding tert-OH is 1. The molecule has 3 atom stereocenters. The molecule has 1 aliphatic carbocycles. The fourth-order valence-corrected chi connectivity index (χ4v) is 2.48. The molecule has 0 heterocycles. The van der Waals surface area contributed by atoms with Crippen molar-refractivity contribution in [3.05, 3.63) is 11.6 Å². The Balaban J connectivity index is 0.000000921. The van der Waals surface area contributed by atoms with Crippen molar-refractivity contribution in [1.29, 1.82) is 0 Å². The predicted molar refractivity (Wildman–Crippen MR) is 67.8 cm³/mol. The van der Waals surface area contributed by atoms with Crippen molar-refractivity contribution < 1.29 is 5.11 Å². The molecule has 3 unspecified atom stereocenters. The van der Waals surface area contributed by atoms with E-state index in [9.17, 15) is 0 Å². The normalized spacial score (nSPS) is 30.7. The van der Waals surface area contributed by atoms with Gasteiger partial charge in [-0.1, -0.05) is 47.6 Å². The number of allylic oxidation sites excluding steroid dienone is 1. The second-order valence-corrected chi connectivity index (χ2v) is 4.73. The average Bonchev–Trinajstić information content (AvgIpc) is 2.24. The first-order valence-corrected chi connectivity index (χ1v) is 6.37. The van der Waals surface area contributed by atoms with Gasteiger partial charge >= 0.3 is 0 Å². The number of hydrogen-bond acceptors (Lipinski definition) is 1. The zero-order chi connectivity index (χ0) is 12.0. The summed E-state index contributed by atoms with van der Waals surface area (Å²) in [4.78, 5) is 0. The summed E-state index contributed by atoms with van der Waals surface area (Å²) in [5.74, 6) is 2.83. The van der Waals surface area contributed by atoms with Gasteiger partial charge in [0.2, 0.25) is 0 Å². The fourth-order valence-electron chi connectivity index (χ4n) is 2.48. The molecule has 90 valence electrons. The smallest absolute Gasteiger partial charge is 0.0644 e. The quantitative estimate of drug-likeness (QED) is 0.689. The molecule has 1 heteroatoms. The second-order valence-electron chi connectivity index (χ2n) is 4.73. The maximum atomic E-state index is 9.14. The average molecular weight is 212 g/mol.